The number of rotatable bonds is 8. The summed E-state index contributed by atoms with van der Waals surface area (Å²) >= 11 is 0. The van der Waals surface area contributed by atoms with Crippen LogP contribution in [0.15, 0.2) is 71.7 Å². The Morgan fingerprint density at radius 1 is 1.04 bits per heavy atom. The number of amides is 1. The van der Waals surface area contributed by atoms with Crippen molar-refractivity contribution < 1.29 is 4.79 Å². The minimum Gasteiger partial charge on any atom is -0.372 e. The molecule has 2 aromatic carbocycles. The fourth-order valence-electron chi connectivity index (χ4n) is 3.17. The second kappa shape index (κ2) is 9.03. The Bertz CT molecular complexity index is 950. The Balaban J connectivity index is 1.50. The number of carbonyl (C=O) groups excluding carboxylic acids is 1. The third-order valence-corrected chi connectivity index (χ3v) is 4.63. The summed E-state index contributed by atoms with van der Waals surface area (Å²) in [5.41, 5.74) is 1.05. The van der Waals surface area contributed by atoms with Crippen molar-refractivity contribution in [3.8, 4) is 0 Å². The van der Waals surface area contributed by atoms with Crippen LogP contribution in [0.3, 0.4) is 0 Å². The van der Waals surface area contributed by atoms with E-state index in [4.69, 9.17) is 0 Å². The number of pyridine rings is 1. The van der Waals surface area contributed by atoms with E-state index in [1.807, 2.05) is 42.5 Å². The molecule has 0 bridgehead atoms. The minimum absolute atomic E-state index is 0.0415. The number of nitrogens with one attached hydrogen (secondary N) is 1. The maximum Gasteiger partial charge on any atom is 0.258 e. The van der Waals surface area contributed by atoms with E-state index in [2.05, 4.69) is 29.3 Å². The summed E-state index contributed by atoms with van der Waals surface area (Å²) < 4.78 is 1.46. The zero-order chi connectivity index (χ0) is 19.1. The van der Waals surface area contributed by atoms with Crippen LogP contribution in [0.5, 0.6) is 0 Å². The van der Waals surface area contributed by atoms with Crippen molar-refractivity contribution in [3.05, 3.63) is 77.2 Å². The molecule has 0 unspecified atom stereocenters. The van der Waals surface area contributed by atoms with Crippen LogP contribution in [0.25, 0.3) is 10.8 Å². The van der Waals surface area contributed by atoms with Gasteiger partial charge in [0.15, 0.2) is 0 Å². The predicted octanol–water partition coefficient (Wildman–Crippen LogP) is 3.03. The average Bonchev–Trinajstić information content (AvgIpc) is 2.71. The molecule has 0 atom stereocenters. The number of nitrogens with zero attached hydrogens (tertiary/aromatic N) is 2. The quantitative estimate of drug-likeness (QED) is 0.626. The first-order chi connectivity index (χ1) is 13.2. The summed E-state index contributed by atoms with van der Waals surface area (Å²) in [7, 11) is 0. The third-order valence-electron chi connectivity index (χ3n) is 4.63. The molecule has 0 fully saturated rings. The molecule has 0 saturated carbocycles. The van der Waals surface area contributed by atoms with Crippen LogP contribution in [0, 0.1) is 0 Å². The molecule has 0 aliphatic rings. The molecular weight excluding hydrogens is 338 g/mol. The molecule has 1 N–H and O–H groups in total. The molecule has 5 nitrogen and oxygen atoms in total. The van der Waals surface area contributed by atoms with E-state index in [1.165, 1.54) is 10.3 Å². The van der Waals surface area contributed by atoms with Gasteiger partial charge in [-0.25, -0.2) is 0 Å². The van der Waals surface area contributed by atoms with Crippen molar-refractivity contribution in [2.75, 3.05) is 24.5 Å². The molecule has 1 aromatic heterocycles. The zero-order valence-corrected chi connectivity index (χ0v) is 15.6. The van der Waals surface area contributed by atoms with E-state index < -0.39 is 0 Å². The average molecular weight is 363 g/mol. The van der Waals surface area contributed by atoms with Gasteiger partial charge in [-0.15, -0.1) is 0 Å². The Hall–Kier alpha value is -3.08. The first-order valence-electron chi connectivity index (χ1n) is 9.34. The number of fused-ring (bicyclic) bond motifs is 1. The van der Waals surface area contributed by atoms with E-state index in [0.29, 0.717) is 11.9 Å². The molecule has 27 heavy (non-hydrogen) atoms. The van der Waals surface area contributed by atoms with E-state index in [0.717, 1.165) is 24.9 Å². The summed E-state index contributed by atoms with van der Waals surface area (Å²) in [6.45, 7) is 4.54. The first-order valence-corrected chi connectivity index (χ1v) is 9.34. The van der Waals surface area contributed by atoms with Crippen molar-refractivity contribution in [1.29, 1.82) is 0 Å². The molecule has 140 valence electrons. The number of hydrogen-bond acceptors (Lipinski definition) is 3. The van der Waals surface area contributed by atoms with Gasteiger partial charge in [-0.3, -0.25) is 9.59 Å². The summed E-state index contributed by atoms with van der Waals surface area (Å²) in [4.78, 5) is 26.9. The monoisotopic (exact) mass is 363 g/mol. The number of carbonyl (C=O) groups is 1. The molecular formula is C22H25N3O2. The Morgan fingerprint density at radius 3 is 2.56 bits per heavy atom. The lowest BCUT2D eigenvalue weighted by atomic mass is 10.2. The highest BCUT2D eigenvalue weighted by Crippen LogP contribution is 2.12. The second-order valence-electron chi connectivity index (χ2n) is 6.45. The van der Waals surface area contributed by atoms with Crippen molar-refractivity contribution >= 4 is 22.4 Å². The van der Waals surface area contributed by atoms with E-state index in [1.54, 1.807) is 12.3 Å². The SMILES string of the molecule is CCN(CCCNC(=O)Cn1ccc2ccccc2c1=O)c1ccccc1. The van der Waals surface area contributed by atoms with Gasteiger partial charge in [0.25, 0.3) is 5.56 Å². The molecule has 0 aliphatic carbocycles. The van der Waals surface area contributed by atoms with Gasteiger partial charge >= 0.3 is 0 Å². The Morgan fingerprint density at radius 2 is 1.78 bits per heavy atom. The molecule has 3 rings (SSSR count). The maximum atomic E-state index is 12.5. The fraction of sp³-hybridized carbons (Fsp3) is 0.273. The molecule has 0 spiro atoms. The summed E-state index contributed by atoms with van der Waals surface area (Å²) in [6.07, 6.45) is 2.53. The zero-order valence-electron chi connectivity index (χ0n) is 15.6. The fourth-order valence-corrected chi connectivity index (χ4v) is 3.17. The molecule has 1 amide bonds. The molecule has 0 saturated heterocycles. The lowest BCUT2D eigenvalue weighted by Crippen LogP contribution is -2.34. The van der Waals surface area contributed by atoms with E-state index in [-0.39, 0.29) is 18.0 Å². The topological polar surface area (TPSA) is 54.3 Å². The maximum absolute atomic E-state index is 12.5. The third kappa shape index (κ3) is 4.76. The van der Waals surface area contributed by atoms with E-state index in [9.17, 15) is 9.59 Å². The largest absolute Gasteiger partial charge is 0.372 e. The van der Waals surface area contributed by atoms with Crippen LogP contribution in [-0.4, -0.2) is 30.1 Å². The van der Waals surface area contributed by atoms with Crippen LogP contribution < -0.4 is 15.8 Å². The first kappa shape index (κ1) is 18.7. The Labute approximate surface area is 159 Å². The standard InChI is InChI=1S/C22H25N3O2/c1-2-24(19-10-4-3-5-11-19)15-8-14-23-21(26)17-25-16-13-18-9-6-7-12-20(18)22(25)27/h3-7,9-13,16H,2,8,14-15,17H2,1H3,(H,23,26). The van der Waals surface area contributed by atoms with Crippen molar-refractivity contribution in [3.63, 3.8) is 0 Å². The molecule has 1 heterocycles. The van der Waals surface area contributed by atoms with Crippen molar-refractivity contribution in [1.82, 2.24) is 9.88 Å². The normalized spacial score (nSPS) is 10.7. The lowest BCUT2D eigenvalue weighted by Gasteiger charge is -2.23. The molecule has 5 heteroatoms. The van der Waals surface area contributed by atoms with Gasteiger partial charge in [-0.1, -0.05) is 36.4 Å². The number of benzene rings is 2. The van der Waals surface area contributed by atoms with Gasteiger partial charge in [-0.05, 0) is 43.0 Å². The van der Waals surface area contributed by atoms with E-state index >= 15 is 0 Å². The van der Waals surface area contributed by atoms with Gasteiger partial charge in [-0.2, -0.15) is 0 Å². The van der Waals surface area contributed by atoms with Crippen LogP contribution in [0.4, 0.5) is 5.69 Å². The summed E-state index contributed by atoms with van der Waals surface area (Å²) in [5, 5.41) is 4.43. The molecule has 0 radical (unpaired) electrons. The minimum atomic E-state index is -0.143. The summed E-state index contributed by atoms with van der Waals surface area (Å²) in [5.74, 6) is -0.143. The smallest absolute Gasteiger partial charge is 0.258 e. The molecule has 3 aromatic rings. The van der Waals surface area contributed by atoms with Gasteiger partial charge in [0.1, 0.15) is 6.54 Å². The van der Waals surface area contributed by atoms with Crippen LogP contribution in [0.2, 0.25) is 0 Å². The number of hydrogen-bond donors (Lipinski definition) is 1. The summed E-state index contributed by atoms with van der Waals surface area (Å²) in [6, 6.07) is 19.5. The second-order valence-corrected chi connectivity index (χ2v) is 6.45. The number of para-hydroxylation sites is 1. The Kier molecular flexibility index (Phi) is 6.26. The highest BCUT2D eigenvalue weighted by atomic mass is 16.2. The van der Waals surface area contributed by atoms with Gasteiger partial charge < -0.3 is 14.8 Å². The van der Waals surface area contributed by atoms with Crippen molar-refractivity contribution in [2.45, 2.75) is 19.9 Å². The highest BCUT2D eigenvalue weighted by molar-refractivity contribution is 5.82. The van der Waals surface area contributed by atoms with Crippen LogP contribution in [-0.2, 0) is 11.3 Å². The van der Waals surface area contributed by atoms with Crippen LogP contribution >= 0.6 is 0 Å². The number of anilines is 1. The highest BCUT2D eigenvalue weighted by Gasteiger charge is 2.07. The van der Waals surface area contributed by atoms with Gasteiger partial charge in [0.2, 0.25) is 5.91 Å². The predicted molar refractivity (Wildman–Crippen MR) is 110 cm³/mol. The lowest BCUT2D eigenvalue weighted by molar-refractivity contribution is -0.121. The van der Waals surface area contributed by atoms with Crippen molar-refractivity contribution in [2.24, 2.45) is 0 Å². The molecule has 0 aliphatic heterocycles. The van der Waals surface area contributed by atoms with Crippen LogP contribution in [0.1, 0.15) is 13.3 Å². The van der Waals surface area contributed by atoms with Gasteiger partial charge in [0.05, 0.1) is 0 Å². The van der Waals surface area contributed by atoms with Gasteiger partial charge in [0, 0.05) is 36.9 Å². The number of aromatic nitrogens is 1.